The summed E-state index contributed by atoms with van der Waals surface area (Å²) in [6, 6.07) is 0. The van der Waals surface area contributed by atoms with Crippen molar-refractivity contribution in [3.8, 4) is 0 Å². The van der Waals surface area contributed by atoms with E-state index in [9.17, 15) is 4.79 Å². The van der Waals surface area contributed by atoms with Crippen LogP contribution >= 0.6 is 0 Å². The van der Waals surface area contributed by atoms with Crippen LogP contribution < -0.4 is 0 Å². The molecule has 0 aromatic carbocycles. The van der Waals surface area contributed by atoms with Gasteiger partial charge >= 0.3 is 6.09 Å². The molecule has 0 saturated carbocycles. The highest BCUT2D eigenvalue weighted by Crippen LogP contribution is 2.36. The van der Waals surface area contributed by atoms with Gasteiger partial charge in [0.15, 0.2) is 0 Å². The Balaban J connectivity index is 2.52. The number of likely N-dealkylation sites (tertiary alicyclic amines) is 1. The van der Waals surface area contributed by atoms with Gasteiger partial charge in [0.2, 0.25) is 0 Å². The molecule has 0 N–H and O–H groups in total. The van der Waals surface area contributed by atoms with Gasteiger partial charge in [-0.1, -0.05) is 13.0 Å². The molecule has 1 aliphatic heterocycles. The predicted molar refractivity (Wildman–Crippen MR) is 70.0 cm³/mol. The van der Waals surface area contributed by atoms with Crippen molar-refractivity contribution in [3.63, 3.8) is 0 Å². The smallest absolute Gasteiger partial charge is 0.410 e. The average Bonchev–Trinajstić information content (AvgIpc) is 2.27. The molecule has 0 aromatic heterocycles. The number of nitrogens with zero attached hydrogens (tertiary/aromatic N) is 1. The summed E-state index contributed by atoms with van der Waals surface area (Å²) in [5.74, 6) is 0. The average molecular weight is 239 g/mol. The van der Waals surface area contributed by atoms with Gasteiger partial charge in [0, 0.05) is 13.1 Å². The maximum atomic E-state index is 11.9. The van der Waals surface area contributed by atoms with Gasteiger partial charge in [-0.2, -0.15) is 0 Å². The standard InChI is InChI=1S/C14H25NO2/c1-6-14(7-2)8-10-15(11-9-14)12(16)17-13(3,4)5/h6H,1,7-11H2,2-5H3. The summed E-state index contributed by atoms with van der Waals surface area (Å²) in [5, 5.41) is 0. The van der Waals surface area contributed by atoms with Crippen LogP contribution in [0.4, 0.5) is 4.79 Å². The predicted octanol–water partition coefficient (Wildman–Crippen LogP) is 3.60. The van der Waals surface area contributed by atoms with E-state index in [-0.39, 0.29) is 11.5 Å². The summed E-state index contributed by atoms with van der Waals surface area (Å²) in [6.07, 6.45) is 4.95. The lowest BCUT2D eigenvalue weighted by atomic mass is 9.76. The molecular weight excluding hydrogens is 214 g/mol. The molecule has 0 spiro atoms. The monoisotopic (exact) mass is 239 g/mol. The van der Waals surface area contributed by atoms with E-state index in [2.05, 4.69) is 19.6 Å². The highest BCUT2D eigenvalue weighted by molar-refractivity contribution is 5.68. The van der Waals surface area contributed by atoms with Crippen LogP contribution in [0.1, 0.15) is 47.0 Å². The Labute approximate surface area is 105 Å². The molecule has 1 saturated heterocycles. The fraction of sp³-hybridized carbons (Fsp3) is 0.786. The molecule has 0 aliphatic carbocycles. The molecule has 0 atom stereocenters. The fourth-order valence-corrected chi connectivity index (χ4v) is 2.16. The number of carbonyl (C=O) groups is 1. The number of amides is 1. The van der Waals surface area contributed by atoms with Gasteiger partial charge in [0.1, 0.15) is 5.60 Å². The molecular formula is C14H25NO2. The van der Waals surface area contributed by atoms with Crippen LogP contribution in [0.15, 0.2) is 12.7 Å². The van der Waals surface area contributed by atoms with Crippen molar-refractivity contribution in [3.05, 3.63) is 12.7 Å². The zero-order valence-corrected chi connectivity index (χ0v) is 11.6. The maximum absolute atomic E-state index is 11.9. The van der Waals surface area contributed by atoms with Crippen molar-refractivity contribution in [1.82, 2.24) is 4.90 Å². The number of hydrogen-bond acceptors (Lipinski definition) is 2. The van der Waals surface area contributed by atoms with Crippen LogP contribution in [-0.2, 0) is 4.74 Å². The zero-order chi connectivity index (χ0) is 13.1. The second-order valence-corrected chi connectivity index (χ2v) is 5.89. The van der Waals surface area contributed by atoms with Crippen molar-refractivity contribution in [2.45, 2.75) is 52.6 Å². The largest absolute Gasteiger partial charge is 0.444 e. The first-order valence-electron chi connectivity index (χ1n) is 6.43. The highest BCUT2D eigenvalue weighted by atomic mass is 16.6. The lowest BCUT2D eigenvalue weighted by Crippen LogP contribution is -2.44. The van der Waals surface area contributed by atoms with E-state index in [1.54, 1.807) is 0 Å². The van der Waals surface area contributed by atoms with E-state index in [1.165, 1.54) is 0 Å². The van der Waals surface area contributed by atoms with Crippen LogP contribution in [0.3, 0.4) is 0 Å². The Hall–Kier alpha value is -0.990. The van der Waals surface area contributed by atoms with E-state index >= 15 is 0 Å². The molecule has 17 heavy (non-hydrogen) atoms. The SMILES string of the molecule is C=CC1(CC)CCN(C(=O)OC(C)(C)C)CC1. The Morgan fingerprint density at radius 3 is 2.29 bits per heavy atom. The Morgan fingerprint density at radius 1 is 1.41 bits per heavy atom. The summed E-state index contributed by atoms with van der Waals surface area (Å²) >= 11 is 0. The van der Waals surface area contributed by atoms with Crippen molar-refractivity contribution < 1.29 is 9.53 Å². The molecule has 1 heterocycles. The van der Waals surface area contributed by atoms with Crippen LogP contribution in [-0.4, -0.2) is 29.7 Å². The minimum absolute atomic E-state index is 0.189. The molecule has 3 heteroatoms. The van der Waals surface area contributed by atoms with Gasteiger partial charge < -0.3 is 9.64 Å². The number of allylic oxidation sites excluding steroid dienone is 1. The van der Waals surface area contributed by atoms with Gasteiger partial charge in [0.25, 0.3) is 0 Å². The van der Waals surface area contributed by atoms with E-state index < -0.39 is 5.60 Å². The molecule has 1 fully saturated rings. The van der Waals surface area contributed by atoms with Crippen molar-refractivity contribution in [2.24, 2.45) is 5.41 Å². The Kier molecular flexibility index (Phi) is 4.23. The van der Waals surface area contributed by atoms with E-state index in [0.29, 0.717) is 0 Å². The fourth-order valence-electron chi connectivity index (χ4n) is 2.16. The van der Waals surface area contributed by atoms with E-state index in [1.807, 2.05) is 25.7 Å². The Bertz CT molecular complexity index is 283. The number of hydrogen-bond donors (Lipinski definition) is 0. The molecule has 0 radical (unpaired) electrons. The molecule has 1 amide bonds. The van der Waals surface area contributed by atoms with E-state index in [0.717, 1.165) is 32.4 Å². The van der Waals surface area contributed by atoms with Gasteiger partial charge in [0.05, 0.1) is 0 Å². The van der Waals surface area contributed by atoms with Gasteiger partial charge in [-0.3, -0.25) is 0 Å². The first-order valence-corrected chi connectivity index (χ1v) is 6.43. The second kappa shape index (κ2) is 5.11. The van der Waals surface area contributed by atoms with E-state index in [4.69, 9.17) is 4.74 Å². The summed E-state index contributed by atoms with van der Waals surface area (Å²) in [4.78, 5) is 13.7. The molecule has 1 aliphatic rings. The summed E-state index contributed by atoms with van der Waals surface area (Å²) in [6.45, 7) is 13.3. The molecule has 0 aromatic rings. The summed E-state index contributed by atoms with van der Waals surface area (Å²) < 4.78 is 5.37. The molecule has 1 rings (SSSR count). The first kappa shape index (κ1) is 14.1. The zero-order valence-electron chi connectivity index (χ0n) is 11.6. The normalized spacial score (nSPS) is 19.9. The lowest BCUT2D eigenvalue weighted by Gasteiger charge is -2.39. The second-order valence-electron chi connectivity index (χ2n) is 5.89. The maximum Gasteiger partial charge on any atom is 0.410 e. The molecule has 0 unspecified atom stereocenters. The van der Waals surface area contributed by atoms with Gasteiger partial charge in [-0.15, -0.1) is 6.58 Å². The molecule has 3 nitrogen and oxygen atoms in total. The third kappa shape index (κ3) is 3.76. The summed E-state index contributed by atoms with van der Waals surface area (Å²) in [7, 11) is 0. The highest BCUT2D eigenvalue weighted by Gasteiger charge is 2.33. The third-order valence-electron chi connectivity index (χ3n) is 3.55. The third-order valence-corrected chi connectivity index (χ3v) is 3.55. The molecule has 0 bridgehead atoms. The molecule has 98 valence electrons. The number of ether oxygens (including phenoxy) is 1. The van der Waals surface area contributed by atoms with Crippen LogP contribution in [0.2, 0.25) is 0 Å². The van der Waals surface area contributed by atoms with Crippen LogP contribution in [0, 0.1) is 5.41 Å². The number of rotatable bonds is 2. The number of piperidine rings is 1. The number of carbonyl (C=O) groups excluding carboxylic acids is 1. The van der Waals surface area contributed by atoms with Gasteiger partial charge in [-0.25, -0.2) is 4.79 Å². The minimum atomic E-state index is -0.408. The Morgan fingerprint density at radius 2 is 1.94 bits per heavy atom. The van der Waals surface area contributed by atoms with Crippen molar-refractivity contribution in [2.75, 3.05) is 13.1 Å². The van der Waals surface area contributed by atoms with Gasteiger partial charge in [-0.05, 0) is 45.4 Å². The quantitative estimate of drug-likeness (QED) is 0.689. The summed E-state index contributed by atoms with van der Waals surface area (Å²) in [5.41, 5.74) is -0.187. The first-order chi connectivity index (χ1) is 7.82. The van der Waals surface area contributed by atoms with Crippen molar-refractivity contribution in [1.29, 1.82) is 0 Å². The minimum Gasteiger partial charge on any atom is -0.444 e. The lowest BCUT2D eigenvalue weighted by molar-refractivity contribution is 0.0141. The van der Waals surface area contributed by atoms with Crippen LogP contribution in [0.25, 0.3) is 0 Å². The topological polar surface area (TPSA) is 29.5 Å². The van der Waals surface area contributed by atoms with Crippen molar-refractivity contribution >= 4 is 6.09 Å². The van der Waals surface area contributed by atoms with Crippen LogP contribution in [0.5, 0.6) is 0 Å².